The molecule has 0 bridgehead atoms. The number of aryl methyl sites for hydroxylation is 3. The van der Waals surface area contributed by atoms with E-state index < -0.39 is 10.0 Å². The van der Waals surface area contributed by atoms with Gasteiger partial charge in [0.2, 0.25) is 10.0 Å². The highest BCUT2D eigenvalue weighted by molar-refractivity contribution is 7.89. The number of hydrogen-bond acceptors (Lipinski definition) is 4. The van der Waals surface area contributed by atoms with E-state index in [1.54, 1.807) is 20.9 Å². The van der Waals surface area contributed by atoms with Gasteiger partial charge >= 0.3 is 0 Å². The maximum atomic E-state index is 12.6. The van der Waals surface area contributed by atoms with Crippen LogP contribution in [0.15, 0.2) is 33.7 Å². The first-order chi connectivity index (χ1) is 9.32. The molecule has 0 N–H and O–H groups in total. The lowest BCUT2D eigenvalue weighted by Gasteiger charge is -2.17. The summed E-state index contributed by atoms with van der Waals surface area (Å²) in [4.78, 5) is 0.160. The predicted molar refractivity (Wildman–Crippen MR) is 75.8 cm³/mol. The monoisotopic (exact) mass is 294 g/mol. The third kappa shape index (κ3) is 2.76. The van der Waals surface area contributed by atoms with Crippen LogP contribution in [0.25, 0.3) is 0 Å². The number of hydrogen-bond donors (Lipinski definition) is 0. The summed E-state index contributed by atoms with van der Waals surface area (Å²) < 4.78 is 31.4. The topological polar surface area (TPSA) is 63.4 Å². The van der Waals surface area contributed by atoms with Gasteiger partial charge in [-0.2, -0.15) is 4.31 Å². The second-order valence-electron chi connectivity index (χ2n) is 4.90. The molecule has 0 spiro atoms. The normalized spacial score (nSPS) is 12.1. The molecule has 0 aliphatic carbocycles. The summed E-state index contributed by atoms with van der Waals surface area (Å²) in [5, 5.41) is 3.71. The fourth-order valence-electron chi connectivity index (χ4n) is 2.15. The lowest BCUT2D eigenvalue weighted by Crippen LogP contribution is -2.27. The summed E-state index contributed by atoms with van der Waals surface area (Å²) in [6.07, 6.45) is 0. The summed E-state index contributed by atoms with van der Waals surface area (Å²) in [5.41, 5.74) is 2.44. The first kappa shape index (κ1) is 14.7. The smallest absolute Gasteiger partial charge is 0.248 e. The summed E-state index contributed by atoms with van der Waals surface area (Å²) in [6.45, 7) is 5.53. The van der Waals surface area contributed by atoms with Gasteiger partial charge in [0, 0.05) is 13.6 Å². The maximum absolute atomic E-state index is 12.6. The third-order valence-electron chi connectivity index (χ3n) is 3.12. The van der Waals surface area contributed by atoms with Crippen LogP contribution in [0.5, 0.6) is 0 Å². The van der Waals surface area contributed by atoms with E-state index in [1.807, 2.05) is 31.2 Å². The van der Waals surface area contributed by atoms with E-state index in [2.05, 4.69) is 5.16 Å². The maximum Gasteiger partial charge on any atom is 0.248 e. The number of aromatic nitrogens is 1. The Morgan fingerprint density at radius 2 is 1.95 bits per heavy atom. The lowest BCUT2D eigenvalue weighted by molar-refractivity contribution is 0.389. The Hall–Kier alpha value is -1.66. The standard InChI is InChI=1S/C14H18N2O3S/c1-10-6-5-7-13(8-10)9-16(4)20(17,18)14-11(2)15-19-12(14)3/h5-8H,9H2,1-4H3. The van der Waals surface area contributed by atoms with Gasteiger partial charge in [-0.3, -0.25) is 0 Å². The second-order valence-corrected chi connectivity index (χ2v) is 6.89. The van der Waals surface area contributed by atoms with E-state index in [1.165, 1.54) is 4.31 Å². The fraction of sp³-hybridized carbons (Fsp3) is 0.357. The van der Waals surface area contributed by atoms with Crippen molar-refractivity contribution in [3.63, 3.8) is 0 Å². The second kappa shape index (κ2) is 5.38. The molecule has 0 radical (unpaired) electrons. The van der Waals surface area contributed by atoms with Gasteiger partial charge < -0.3 is 4.52 Å². The molecule has 2 aromatic rings. The molecule has 0 saturated carbocycles. The number of nitrogens with zero attached hydrogens (tertiary/aromatic N) is 2. The van der Waals surface area contributed by atoms with Gasteiger partial charge in [0.25, 0.3) is 0 Å². The SMILES string of the molecule is Cc1cccc(CN(C)S(=O)(=O)c2c(C)noc2C)c1. The molecule has 20 heavy (non-hydrogen) atoms. The van der Waals surface area contributed by atoms with Crippen molar-refractivity contribution in [2.45, 2.75) is 32.2 Å². The van der Waals surface area contributed by atoms with E-state index in [-0.39, 0.29) is 4.90 Å². The molecule has 0 fully saturated rings. The summed E-state index contributed by atoms with van der Waals surface area (Å²) in [6, 6.07) is 7.78. The van der Waals surface area contributed by atoms with Gasteiger partial charge in [0.1, 0.15) is 10.6 Å². The highest BCUT2D eigenvalue weighted by atomic mass is 32.2. The molecule has 6 heteroatoms. The number of sulfonamides is 1. The van der Waals surface area contributed by atoms with E-state index in [9.17, 15) is 8.42 Å². The molecular formula is C14H18N2O3S. The molecule has 108 valence electrons. The lowest BCUT2D eigenvalue weighted by atomic mass is 10.1. The molecule has 0 atom stereocenters. The highest BCUT2D eigenvalue weighted by Gasteiger charge is 2.28. The predicted octanol–water partition coefficient (Wildman–Crippen LogP) is 2.42. The van der Waals surface area contributed by atoms with Crippen LogP contribution >= 0.6 is 0 Å². The van der Waals surface area contributed by atoms with Gasteiger partial charge in [-0.1, -0.05) is 35.0 Å². The third-order valence-corrected chi connectivity index (χ3v) is 5.17. The van der Waals surface area contributed by atoms with Gasteiger partial charge in [0.05, 0.1) is 0 Å². The van der Waals surface area contributed by atoms with Crippen LogP contribution in [0.3, 0.4) is 0 Å². The summed E-state index contributed by atoms with van der Waals surface area (Å²) in [5.74, 6) is 0.318. The Morgan fingerprint density at radius 3 is 2.50 bits per heavy atom. The number of rotatable bonds is 4. The van der Waals surface area contributed by atoms with Gasteiger partial charge in [-0.05, 0) is 26.3 Å². The average Bonchev–Trinajstić information content (AvgIpc) is 2.69. The minimum atomic E-state index is -3.59. The zero-order valence-electron chi connectivity index (χ0n) is 12.0. The van der Waals surface area contributed by atoms with E-state index >= 15 is 0 Å². The molecule has 5 nitrogen and oxygen atoms in total. The van der Waals surface area contributed by atoms with Crippen LogP contribution in [0.1, 0.15) is 22.6 Å². The van der Waals surface area contributed by atoms with Gasteiger partial charge in [0.15, 0.2) is 5.76 Å². The average molecular weight is 294 g/mol. The largest absolute Gasteiger partial charge is 0.360 e. The zero-order valence-corrected chi connectivity index (χ0v) is 12.9. The molecule has 0 amide bonds. The molecule has 0 aliphatic rings. The Balaban J connectivity index is 2.31. The molecule has 0 unspecified atom stereocenters. The van der Waals surface area contributed by atoms with E-state index in [0.29, 0.717) is 18.0 Å². The minimum absolute atomic E-state index is 0.160. The number of benzene rings is 1. The molecule has 0 aliphatic heterocycles. The first-order valence-corrected chi connectivity index (χ1v) is 7.71. The first-order valence-electron chi connectivity index (χ1n) is 6.27. The van der Waals surface area contributed by atoms with Crippen molar-refractivity contribution in [1.29, 1.82) is 0 Å². The minimum Gasteiger partial charge on any atom is -0.360 e. The van der Waals surface area contributed by atoms with Crippen molar-refractivity contribution in [2.75, 3.05) is 7.05 Å². The fourth-order valence-corrected chi connectivity index (χ4v) is 3.59. The Morgan fingerprint density at radius 1 is 1.25 bits per heavy atom. The van der Waals surface area contributed by atoms with Crippen molar-refractivity contribution < 1.29 is 12.9 Å². The molecular weight excluding hydrogens is 276 g/mol. The molecule has 1 aromatic heterocycles. The van der Waals surface area contributed by atoms with Crippen LogP contribution in [0, 0.1) is 20.8 Å². The molecule has 1 heterocycles. The van der Waals surface area contributed by atoms with E-state index in [4.69, 9.17) is 4.52 Å². The van der Waals surface area contributed by atoms with Crippen molar-refractivity contribution in [3.05, 3.63) is 46.8 Å². The van der Waals surface area contributed by atoms with Crippen LogP contribution in [0.2, 0.25) is 0 Å². The summed E-state index contributed by atoms with van der Waals surface area (Å²) >= 11 is 0. The highest BCUT2D eigenvalue weighted by Crippen LogP contribution is 2.23. The Bertz CT molecular complexity index is 700. The van der Waals surface area contributed by atoms with Crippen LogP contribution in [-0.4, -0.2) is 24.9 Å². The molecule has 0 saturated heterocycles. The Kier molecular flexibility index (Phi) is 3.96. The quantitative estimate of drug-likeness (QED) is 0.868. The molecule has 1 aromatic carbocycles. The zero-order chi connectivity index (χ0) is 14.9. The Labute approximate surface area is 119 Å². The van der Waals surface area contributed by atoms with Gasteiger partial charge in [-0.15, -0.1) is 0 Å². The van der Waals surface area contributed by atoms with Crippen molar-refractivity contribution in [2.24, 2.45) is 0 Å². The van der Waals surface area contributed by atoms with Crippen molar-refractivity contribution >= 4 is 10.0 Å². The van der Waals surface area contributed by atoms with Crippen LogP contribution < -0.4 is 0 Å². The van der Waals surface area contributed by atoms with E-state index in [0.717, 1.165) is 11.1 Å². The van der Waals surface area contributed by atoms with Crippen LogP contribution in [0.4, 0.5) is 0 Å². The van der Waals surface area contributed by atoms with Crippen molar-refractivity contribution in [3.8, 4) is 0 Å². The van der Waals surface area contributed by atoms with Crippen LogP contribution in [-0.2, 0) is 16.6 Å². The molecule has 2 rings (SSSR count). The van der Waals surface area contributed by atoms with Crippen molar-refractivity contribution in [1.82, 2.24) is 9.46 Å². The van der Waals surface area contributed by atoms with Gasteiger partial charge in [-0.25, -0.2) is 8.42 Å². The summed E-state index contributed by atoms with van der Waals surface area (Å²) in [7, 11) is -2.03.